The molecule has 2 aromatic rings. The number of anilines is 1. The average Bonchev–Trinajstić information content (AvgIpc) is 2.32. The van der Waals surface area contributed by atoms with Crippen molar-refractivity contribution in [1.29, 1.82) is 0 Å². The predicted molar refractivity (Wildman–Crippen MR) is 76.4 cm³/mol. The van der Waals surface area contributed by atoms with Gasteiger partial charge < -0.3 is 5.32 Å². The van der Waals surface area contributed by atoms with Crippen LogP contribution in [0.1, 0.15) is 10.4 Å². The number of halogens is 2. The van der Waals surface area contributed by atoms with Crippen LogP contribution in [0.4, 0.5) is 5.69 Å². The second-order valence-corrected chi connectivity index (χ2v) is 4.85. The number of benzene rings is 1. The zero-order valence-electron chi connectivity index (χ0n) is 8.65. The molecule has 17 heavy (non-hydrogen) atoms. The highest BCUT2D eigenvalue weighted by atomic mass is 127. The van der Waals surface area contributed by atoms with Gasteiger partial charge in [-0.25, -0.2) is 4.98 Å². The summed E-state index contributed by atoms with van der Waals surface area (Å²) < 4.78 is 0.907. The zero-order valence-corrected chi connectivity index (χ0v) is 11.6. The van der Waals surface area contributed by atoms with Crippen LogP contribution >= 0.6 is 34.2 Å². The Morgan fingerprint density at radius 3 is 2.65 bits per heavy atom. The third-order valence-corrected chi connectivity index (χ3v) is 3.27. The Hall–Kier alpha value is -1.14. The molecule has 0 bridgehead atoms. The number of aromatic nitrogens is 1. The summed E-state index contributed by atoms with van der Waals surface area (Å²) in [6, 6.07) is 10.7. The van der Waals surface area contributed by atoms with Gasteiger partial charge in [-0.2, -0.15) is 0 Å². The number of pyridine rings is 1. The van der Waals surface area contributed by atoms with Gasteiger partial charge in [0.25, 0.3) is 5.91 Å². The van der Waals surface area contributed by atoms with E-state index in [0.29, 0.717) is 16.4 Å². The monoisotopic (exact) mass is 358 g/mol. The second-order valence-electron chi connectivity index (χ2n) is 3.30. The van der Waals surface area contributed by atoms with Crippen molar-refractivity contribution in [3.63, 3.8) is 0 Å². The second kappa shape index (κ2) is 5.46. The molecule has 0 unspecified atom stereocenters. The van der Waals surface area contributed by atoms with Gasteiger partial charge in [-0.1, -0.05) is 23.7 Å². The fourth-order valence-electron chi connectivity index (χ4n) is 1.29. The average molecular weight is 359 g/mol. The van der Waals surface area contributed by atoms with Gasteiger partial charge in [-0.3, -0.25) is 4.79 Å². The van der Waals surface area contributed by atoms with Gasteiger partial charge in [0.05, 0.1) is 17.4 Å². The van der Waals surface area contributed by atoms with Crippen molar-refractivity contribution in [2.75, 3.05) is 5.32 Å². The van der Waals surface area contributed by atoms with E-state index in [1.165, 1.54) is 6.20 Å². The SMILES string of the molecule is O=C(Nc1ccc(Cl)nc1)c1ccccc1I. The number of rotatable bonds is 2. The summed E-state index contributed by atoms with van der Waals surface area (Å²) in [5, 5.41) is 3.16. The van der Waals surface area contributed by atoms with Crippen LogP contribution in [-0.4, -0.2) is 10.9 Å². The van der Waals surface area contributed by atoms with Gasteiger partial charge in [-0.05, 0) is 46.9 Å². The summed E-state index contributed by atoms with van der Waals surface area (Å²) >= 11 is 7.79. The lowest BCUT2D eigenvalue weighted by atomic mass is 10.2. The molecule has 0 aliphatic rings. The Morgan fingerprint density at radius 2 is 2.00 bits per heavy atom. The quantitative estimate of drug-likeness (QED) is 0.658. The van der Waals surface area contributed by atoms with Crippen LogP contribution in [0.15, 0.2) is 42.6 Å². The highest BCUT2D eigenvalue weighted by Crippen LogP contribution is 2.15. The normalized spacial score (nSPS) is 10.0. The maximum atomic E-state index is 11.9. The predicted octanol–water partition coefficient (Wildman–Crippen LogP) is 3.59. The molecule has 5 heteroatoms. The van der Waals surface area contributed by atoms with Crippen molar-refractivity contribution < 1.29 is 4.79 Å². The summed E-state index contributed by atoms with van der Waals surface area (Å²) in [4.78, 5) is 15.8. The summed E-state index contributed by atoms with van der Waals surface area (Å²) in [6.07, 6.45) is 1.52. The van der Waals surface area contributed by atoms with E-state index < -0.39 is 0 Å². The van der Waals surface area contributed by atoms with Gasteiger partial charge in [0, 0.05) is 3.57 Å². The minimum absolute atomic E-state index is 0.154. The van der Waals surface area contributed by atoms with E-state index in [4.69, 9.17) is 11.6 Å². The molecule has 86 valence electrons. The molecule has 0 atom stereocenters. The van der Waals surface area contributed by atoms with Gasteiger partial charge >= 0.3 is 0 Å². The van der Waals surface area contributed by atoms with Crippen molar-refractivity contribution in [1.82, 2.24) is 4.98 Å². The topological polar surface area (TPSA) is 42.0 Å². The van der Waals surface area contributed by atoms with Crippen LogP contribution in [-0.2, 0) is 0 Å². The summed E-state index contributed by atoms with van der Waals surface area (Å²) in [5.74, 6) is -0.154. The molecular formula is C12H8ClIN2O. The Kier molecular flexibility index (Phi) is 3.96. The number of carbonyl (C=O) groups excluding carboxylic acids is 1. The molecule has 0 saturated carbocycles. The molecule has 1 amide bonds. The molecule has 0 saturated heterocycles. The van der Waals surface area contributed by atoms with Crippen LogP contribution in [0.2, 0.25) is 5.15 Å². The maximum Gasteiger partial charge on any atom is 0.256 e. The zero-order chi connectivity index (χ0) is 12.3. The van der Waals surface area contributed by atoms with E-state index in [0.717, 1.165) is 3.57 Å². The Balaban J connectivity index is 2.17. The Labute approximate surface area is 117 Å². The molecule has 3 nitrogen and oxygen atoms in total. The molecule has 0 fully saturated rings. The first-order valence-corrected chi connectivity index (χ1v) is 6.30. The van der Waals surface area contributed by atoms with Gasteiger partial charge in [0.15, 0.2) is 0 Å². The first-order chi connectivity index (χ1) is 8.16. The van der Waals surface area contributed by atoms with Crippen LogP contribution < -0.4 is 5.32 Å². The van der Waals surface area contributed by atoms with Crippen LogP contribution in [0.5, 0.6) is 0 Å². The van der Waals surface area contributed by atoms with Gasteiger partial charge in [-0.15, -0.1) is 0 Å². The summed E-state index contributed by atoms with van der Waals surface area (Å²) in [6.45, 7) is 0. The molecule has 0 aliphatic heterocycles. The van der Waals surface area contributed by atoms with Crippen molar-refractivity contribution in [3.05, 3.63) is 56.9 Å². The molecule has 1 aromatic carbocycles. The molecule has 1 aromatic heterocycles. The molecule has 1 heterocycles. The standard InChI is InChI=1S/C12H8ClIN2O/c13-11-6-5-8(7-15-11)16-12(17)9-3-1-2-4-10(9)14/h1-7H,(H,16,17). The lowest BCUT2D eigenvalue weighted by molar-refractivity contribution is 0.102. The van der Waals surface area contributed by atoms with E-state index in [2.05, 4.69) is 32.9 Å². The van der Waals surface area contributed by atoms with E-state index in [-0.39, 0.29) is 5.91 Å². The van der Waals surface area contributed by atoms with Crippen molar-refractivity contribution >= 4 is 45.8 Å². The lowest BCUT2D eigenvalue weighted by Gasteiger charge is -2.06. The molecule has 2 rings (SSSR count). The smallest absolute Gasteiger partial charge is 0.256 e. The summed E-state index contributed by atoms with van der Waals surface area (Å²) in [7, 11) is 0. The van der Waals surface area contributed by atoms with Gasteiger partial charge in [0.2, 0.25) is 0 Å². The van der Waals surface area contributed by atoms with Crippen molar-refractivity contribution in [2.45, 2.75) is 0 Å². The lowest BCUT2D eigenvalue weighted by Crippen LogP contribution is -2.13. The minimum atomic E-state index is -0.154. The summed E-state index contributed by atoms with van der Waals surface area (Å²) in [5.41, 5.74) is 1.27. The van der Waals surface area contributed by atoms with Crippen LogP contribution in [0.25, 0.3) is 0 Å². The highest BCUT2D eigenvalue weighted by Gasteiger charge is 2.09. The molecule has 1 N–H and O–H groups in total. The fourth-order valence-corrected chi connectivity index (χ4v) is 2.04. The largest absolute Gasteiger partial charge is 0.321 e. The van der Waals surface area contributed by atoms with Crippen molar-refractivity contribution in [2.24, 2.45) is 0 Å². The van der Waals surface area contributed by atoms with E-state index in [1.807, 2.05) is 18.2 Å². The fraction of sp³-hybridized carbons (Fsp3) is 0. The molecule has 0 aliphatic carbocycles. The molecule has 0 spiro atoms. The van der Waals surface area contributed by atoms with Crippen LogP contribution in [0, 0.1) is 3.57 Å². The molecule has 0 radical (unpaired) electrons. The minimum Gasteiger partial charge on any atom is -0.321 e. The third-order valence-electron chi connectivity index (χ3n) is 2.10. The van der Waals surface area contributed by atoms with E-state index in [1.54, 1.807) is 18.2 Å². The van der Waals surface area contributed by atoms with Crippen LogP contribution in [0.3, 0.4) is 0 Å². The number of amides is 1. The van der Waals surface area contributed by atoms with Gasteiger partial charge in [0.1, 0.15) is 5.15 Å². The number of nitrogens with zero attached hydrogens (tertiary/aromatic N) is 1. The number of hydrogen-bond acceptors (Lipinski definition) is 2. The number of hydrogen-bond donors (Lipinski definition) is 1. The van der Waals surface area contributed by atoms with Crippen molar-refractivity contribution in [3.8, 4) is 0 Å². The number of carbonyl (C=O) groups is 1. The maximum absolute atomic E-state index is 11.9. The van der Waals surface area contributed by atoms with E-state index >= 15 is 0 Å². The number of nitrogens with one attached hydrogen (secondary N) is 1. The third kappa shape index (κ3) is 3.17. The van der Waals surface area contributed by atoms with E-state index in [9.17, 15) is 4.79 Å². The first-order valence-electron chi connectivity index (χ1n) is 4.84. The molecular weight excluding hydrogens is 351 g/mol. The first kappa shape index (κ1) is 12.3. The Bertz CT molecular complexity index is 542. The Morgan fingerprint density at radius 1 is 1.24 bits per heavy atom. The highest BCUT2D eigenvalue weighted by molar-refractivity contribution is 14.1.